The number of hydrogen-bond acceptors (Lipinski definition) is 2. The van der Waals surface area contributed by atoms with Gasteiger partial charge in [0.1, 0.15) is 0 Å². The Morgan fingerprint density at radius 2 is 1.36 bits per heavy atom. The summed E-state index contributed by atoms with van der Waals surface area (Å²) in [5.74, 6) is 0. The maximum Gasteiger partial charge on any atom is 0.435 e. The van der Waals surface area contributed by atoms with Gasteiger partial charge in [-0.1, -0.05) is 6.07 Å². The van der Waals surface area contributed by atoms with Gasteiger partial charge >= 0.3 is 23.7 Å². The highest BCUT2D eigenvalue weighted by molar-refractivity contribution is 5.78. The van der Waals surface area contributed by atoms with Crippen molar-refractivity contribution in [3.8, 4) is 0 Å². The van der Waals surface area contributed by atoms with Gasteiger partial charge in [-0.25, -0.2) is 9.18 Å². The predicted molar refractivity (Wildman–Crippen MR) is 60.1 cm³/mol. The molecule has 1 heterocycles. The largest absolute Gasteiger partial charge is 0.435 e. The fourth-order valence-corrected chi connectivity index (χ4v) is 1.87. The van der Waals surface area contributed by atoms with E-state index >= 15 is 0 Å². The predicted octanol–water partition coefficient (Wildman–Crippen LogP) is 2.51. The molecule has 1 aromatic heterocycles. The van der Waals surface area contributed by atoms with Crippen molar-refractivity contribution in [1.29, 1.82) is 0 Å². The van der Waals surface area contributed by atoms with E-state index in [0.717, 1.165) is 0 Å². The van der Waals surface area contributed by atoms with Gasteiger partial charge in [-0.15, -0.1) is 0 Å². The van der Waals surface area contributed by atoms with E-state index in [2.05, 4.69) is 0 Å². The molecule has 0 spiro atoms. The number of H-pyrrole nitrogens is 2. The first-order valence-corrected chi connectivity index (χ1v) is 5.47. The first-order chi connectivity index (χ1) is 9.88. The summed E-state index contributed by atoms with van der Waals surface area (Å²) in [5.41, 5.74) is -10.0. The maximum absolute atomic E-state index is 13.8. The highest BCUT2D eigenvalue weighted by Crippen LogP contribution is 2.53. The molecule has 0 radical (unpaired) electrons. The van der Waals surface area contributed by atoms with Crippen LogP contribution in [-0.2, 0) is 5.67 Å². The van der Waals surface area contributed by atoms with Gasteiger partial charge in [0, 0.05) is 5.56 Å². The van der Waals surface area contributed by atoms with Crippen molar-refractivity contribution in [2.24, 2.45) is 0 Å². The molecule has 0 atom stereocenters. The van der Waals surface area contributed by atoms with Gasteiger partial charge in [-0.05, 0) is 12.1 Å². The van der Waals surface area contributed by atoms with Crippen LogP contribution in [0.2, 0.25) is 0 Å². The monoisotopic (exact) mass is 330 g/mol. The Labute approximate surface area is 115 Å². The fourth-order valence-electron chi connectivity index (χ4n) is 1.87. The number of halogens is 7. The Morgan fingerprint density at radius 1 is 0.818 bits per heavy atom. The highest BCUT2D eigenvalue weighted by atomic mass is 19.4. The lowest BCUT2D eigenvalue weighted by Crippen LogP contribution is -2.50. The van der Waals surface area contributed by atoms with E-state index in [1.807, 2.05) is 4.98 Å². The van der Waals surface area contributed by atoms with Crippen LogP contribution in [0.1, 0.15) is 5.56 Å². The van der Waals surface area contributed by atoms with Gasteiger partial charge in [-0.3, -0.25) is 9.78 Å². The minimum atomic E-state index is -6.28. The molecule has 0 aliphatic rings. The molecule has 0 saturated heterocycles. The molecule has 120 valence electrons. The van der Waals surface area contributed by atoms with Crippen molar-refractivity contribution >= 4 is 10.9 Å². The zero-order valence-electron chi connectivity index (χ0n) is 10.2. The third-order valence-corrected chi connectivity index (χ3v) is 2.92. The number of fused-ring (bicyclic) bond motifs is 1. The van der Waals surface area contributed by atoms with Crippen LogP contribution in [0, 0.1) is 0 Å². The van der Waals surface area contributed by atoms with Crippen LogP contribution in [-0.4, -0.2) is 22.3 Å². The zero-order valence-corrected chi connectivity index (χ0v) is 10.2. The van der Waals surface area contributed by atoms with E-state index in [1.54, 1.807) is 4.98 Å². The number of aromatic nitrogens is 2. The SMILES string of the molecule is O=c1[nH]c(=O)c2cc(C(F)(C(F)(F)F)C(F)(F)F)ccc2[nH]1. The number of benzene rings is 1. The van der Waals surface area contributed by atoms with Crippen LogP contribution in [0.3, 0.4) is 0 Å². The van der Waals surface area contributed by atoms with Crippen molar-refractivity contribution in [2.75, 3.05) is 0 Å². The first kappa shape index (κ1) is 16.0. The number of aromatic amines is 2. The van der Waals surface area contributed by atoms with Gasteiger partial charge in [0.25, 0.3) is 5.56 Å². The second-order valence-corrected chi connectivity index (χ2v) is 4.32. The quantitative estimate of drug-likeness (QED) is 0.789. The van der Waals surface area contributed by atoms with Gasteiger partial charge in [0.2, 0.25) is 0 Å². The fraction of sp³-hybridized carbons (Fsp3) is 0.273. The molecule has 4 nitrogen and oxygen atoms in total. The van der Waals surface area contributed by atoms with E-state index in [4.69, 9.17) is 0 Å². The standard InChI is InChI=1S/C11H5F7N2O2/c12-9(10(13,14)15,11(16,17)18)4-1-2-6-5(3-4)7(21)20-8(22)19-6/h1-3H,(H2,19,20,21,22). The summed E-state index contributed by atoms with van der Waals surface area (Å²) in [6.07, 6.45) is -12.6. The summed E-state index contributed by atoms with van der Waals surface area (Å²) in [7, 11) is 0. The topological polar surface area (TPSA) is 65.7 Å². The second-order valence-electron chi connectivity index (χ2n) is 4.32. The van der Waals surface area contributed by atoms with Crippen molar-refractivity contribution in [2.45, 2.75) is 18.0 Å². The maximum atomic E-state index is 13.8. The molecule has 2 N–H and O–H groups in total. The summed E-state index contributed by atoms with van der Waals surface area (Å²) in [6.45, 7) is 0. The molecule has 0 fully saturated rings. The molecule has 0 aliphatic carbocycles. The summed E-state index contributed by atoms with van der Waals surface area (Å²) < 4.78 is 89.5. The summed E-state index contributed by atoms with van der Waals surface area (Å²) in [5, 5.41) is -0.715. The van der Waals surface area contributed by atoms with Crippen LogP contribution in [0.4, 0.5) is 30.7 Å². The molecule has 0 amide bonds. The molecule has 11 heteroatoms. The summed E-state index contributed by atoms with van der Waals surface area (Å²) in [4.78, 5) is 26.0. The van der Waals surface area contributed by atoms with E-state index < -0.39 is 40.2 Å². The lowest BCUT2D eigenvalue weighted by Gasteiger charge is -2.30. The normalized spacial score (nSPS) is 13.6. The third-order valence-electron chi connectivity index (χ3n) is 2.92. The Balaban J connectivity index is 2.83. The van der Waals surface area contributed by atoms with Crippen LogP contribution in [0.15, 0.2) is 27.8 Å². The second kappa shape index (κ2) is 4.58. The molecule has 22 heavy (non-hydrogen) atoms. The molecule has 0 saturated carbocycles. The number of rotatable bonds is 1. The first-order valence-electron chi connectivity index (χ1n) is 5.47. The number of hydrogen-bond donors (Lipinski definition) is 2. The van der Waals surface area contributed by atoms with Crippen molar-refractivity contribution in [3.05, 3.63) is 44.6 Å². The average Bonchev–Trinajstić information content (AvgIpc) is 2.34. The number of alkyl halides is 7. The van der Waals surface area contributed by atoms with E-state index in [-0.39, 0.29) is 17.6 Å². The molecular weight excluding hydrogens is 325 g/mol. The van der Waals surface area contributed by atoms with Crippen molar-refractivity contribution < 1.29 is 30.7 Å². The van der Waals surface area contributed by atoms with Gasteiger partial charge < -0.3 is 4.98 Å². The Bertz CT molecular complexity index is 817. The van der Waals surface area contributed by atoms with Crippen LogP contribution in [0.5, 0.6) is 0 Å². The molecule has 2 aromatic rings. The van der Waals surface area contributed by atoms with Crippen molar-refractivity contribution in [3.63, 3.8) is 0 Å². The molecular formula is C11H5F7N2O2. The van der Waals surface area contributed by atoms with Gasteiger partial charge in [-0.2, -0.15) is 26.3 Å². The van der Waals surface area contributed by atoms with Crippen LogP contribution >= 0.6 is 0 Å². The van der Waals surface area contributed by atoms with E-state index in [9.17, 15) is 40.3 Å². The smallest absolute Gasteiger partial charge is 0.307 e. The Morgan fingerprint density at radius 3 is 1.86 bits per heavy atom. The summed E-state index contributed by atoms with van der Waals surface area (Å²) >= 11 is 0. The highest BCUT2D eigenvalue weighted by Gasteiger charge is 2.73. The number of nitrogens with one attached hydrogen (secondary N) is 2. The molecule has 2 rings (SSSR count). The van der Waals surface area contributed by atoms with Gasteiger partial charge in [0.05, 0.1) is 10.9 Å². The zero-order chi connectivity index (χ0) is 16.9. The Kier molecular flexibility index (Phi) is 3.34. The lowest BCUT2D eigenvalue weighted by atomic mass is 9.93. The van der Waals surface area contributed by atoms with Gasteiger partial charge in [0.15, 0.2) is 0 Å². The minimum absolute atomic E-state index is 0.102. The molecule has 0 unspecified atom stereocenters. The molecule has 0 aliphatic heterocycles. The lowest BCUT2D eigenvalue weighted by molar-refractivity contribution is -0.348. The third kappa shape index (κ3) is 2.25. The average molecular weight is 330 g/mol. The minimum Gasteiger partial charge on any atom is -0.307 e. The van der Waals surface area contributed by atoms with E-state index in [1.165, 1.54) is 0 Å². The van der Waals surface area contributed by atoms with E-state index in [0.29, 0.717) is 6.07 Å². The summed E-state index contributed by atoms with van der Waals surface area (Å²) in [6, 6.07) is 0.900. The molecule has 1 aromatic carbocycles. The van der Waals surface area contributed by atoms with Crippen LogP contribution < -0.4 is 11.2 Å². The van der Waals surface area contributed by atoms with Crippen LogP contribution in [0.25, 0.3) is 10.9 Å². The Hall–Kier alpha value is -2.33. The van der Waals surface area contributed by atoms with Crippen molar-refractivity contribution in [1.82, 2.24) is 9.97 Å². The molecule has 0 bridgehead atoms.